The minimum absolute atomic E-state index is 0.278. The molecule has 0 amide bonds. The number of rotatable bonds is 5. The highest BCUT2D eigenvalue weighted by atomic mass is 19.4. The van der Waals surface area contributed by atoms with Crippen molar-refractivity contribution >= 4 is 11.5 Å². The molecule has 1 aliphatic rings. The Balaban J connectivity index is 1.57. The zero-order valence-electron chi connectivity index (χ0n) is 15.1. The van der Waals surface area contributed by atoms with E-state index in [1.807, 2.05) is 12.1 Å². The molecule has 0 radical (unpaired) electrons. The lowest BCUT2D eigenvalue weighted by Gasteiger charge is -2.26. The standard InChI is InChI=1S/C19H20F3N5O/c20-19(21,22)28-15-6-4-5-14(11-15)16-12-23-18-8-7-17(25-27(16)18)24-13-26-9-2-1-3-10-26/h4-8,11-12H,1-3,9-10,13H2,(H,24,25). The number of ether oxygens (including phenoxy) is 1. The third kappa shape index (κ3) is 4.36. The quantitative estimate of drug-likeness (QED) is 0.708. The van der Waals surface area contributed by atoms with Gasteiger partial charge in [0.1, 0.15) is 11.6 Å². The molecule has 1 saturated heterocycles. The van der Waals surface area contributed by atoms with Crippen molar-refractivity contribution in [3.8, 4) is 17.0 Å². The highest BCUT2D eigenvalue weighted by molar-refractivity contribution is 5.65. The Morgan fingerprint density at radius 3 is 2.68 bits per heavy atom. The maximum atomic E-state index is 12.5. The molecule has 0 spiro atoms. The second-order valence-corrected chi connectivity index (χ2v) is 6.72. The molecule has 0 aliphatic carbocycles. The summed E-state index contributed by atoms with van der Waals surface area (Å²) >= 11 is 0. The van der Waals surface area contributed by atoms with Crippen molar-refractivity contribution < 1.29 is 17.9 Å². The van der Waals surface area contributed by atoms with Gasteiger partial charge in [-0.25, -0.2) is 9.50 Å². The Bertz CT molecular complexity index is 950. The van der Waals surface area contributed by atoms with E-state index in [4.69, 9.17) is 0 Å². The summed E-state index contributed by atoms with van der Waals surface area (Å²) in [5, 5.41) is 7.86. The third-order valence-corrected chi connectivity index (χ3v) is 4.66. The van der Waals surface area contributed by atoms with Gasteiger partial charge in [0.25, 0.3) is 0 Å². The van der Waals surface area contributed by atoms with Crippen molar-refractivity contribution in [3.05, 3.63) is 42.6 Å². The number of nitrogens with zero attached hydrogens (tertiary/aromatic N) is 4. The van der Waals surface area contributed by atoms with Gasteiger partial charge >= 0.3 is 6.36 Å². The molecule has 0 saturated carbocycles. The van der Waals surface area contributed by atoms with Gasteiger partial charge in [-0.15, -0.1) is 18.3 Å². The molecule has 4 rings (SSSR count). The van der Waals surface area contributed by atoms with Crippen molar-refractivity contribution in [1.82, 2.24) is 19.5 Å². The number of anilines is 1. The third-order valence-electron chi connectivity index (χ3n) is 4.66. The first-order chi connectivity index (χ1) is 13.5. The number of nitrogens with one attached hydrogen (secondary N) is 1. The maximum Gasteiger partial charge on any atom is 0.573 e. The van der Waals surface area contributed by atoms with Crippen LogP contribution in [0.5, 0.6) is 5.75 Å². The van der Waals surface area contributed by atoms with Crippen LogP contribution in [0.25, 0.3) is 16.9 Å². The molecular weight excluding hydrogens is 371 g/mol. The number of aromatic nitrogens is 3. The highest BCUT2D eigenvalue weighted by Gasteiger charge is 2.31. The van der Waals surface area contributed by atoms with E-state index in [1.54, 1.807) is 16.8 Å². The molecule has 9 heteroatoms. The van der Waals surface area contributed by atoms with E-state index in [9.17, 15) is 13.2 Å². The first-order valence-corrected chi connectivity index (χ1v) is 9.15. The topological polar surface area (TPSA) is 54.7 Å². The van der Waals surface area contributed by atoms with Gasteiger partial charge in [-0.3, -0.25) is 4.90 Å². The van der Waals surface area contributed by atoms with Crippen LogP contribution in [0.2, 0.25) is 0 Å². The van der Waals surface area contributed by atoms with Crippen LogP contribution in [0.1, 0.15) is 19.3 Å². The van der Waals surface area contributed by atoms with Gasteiger partial charge < -0.3 is 10.1 Å². The highest BCUT2D eigenvalue weighted by Crippen LogP contribution is 2.28. The van der Waals surface area contributed by atoms with Crippen molar-refractivity contribution in [2.75, 3.05) is 25.1 Å². The summed E-state index contributed by atoms with van der Waals surface area (Å²) in [4.78, 5) is 6.63. The average molecular weight is 391 g/mol. The fourth-order valence-corrected chi connectivity index (χ4v) is 3.33. The first kappa shape index (κ1) is 18.5. The lowest BCUT2D eigenvalue weighted by molar-refractivity contribution is -0.274. The smallest absolute Gasteiger partial charge is 0.406 e. The molecule has 6 nitrogen and oxygen atoms in total. The fraction of sp³-hybridized carbons (Fsp3) is 0.368. The van der Waals surface area contributed by atoms with E-state index in [-0.39, 0.29) is 5.75 Å². The predicted octanol–water partition coefficient (Wildman–Crippen LogP) is 4.15. The zero-order chi connectivity index (χ0) is 19.6. The van der Waals surface area contributed by atoms with Crippen molar-refractivity contribution in [2.45, 2.75) is 25.6 Å². The van der Waals surface area contributed by atoms with Crippen molar-refractivity contribution in [2.24, 2.45) is 0 Å². The normalized spacial score (nSPS) is 15.7. The zero-order valence-corrected chi connectivity index (χ0v) is 15.1. The molecule has 1 aliphatic heterocycles. The molecular formula is C19H20F3N5O. The van der Waals surface area contributed by atoms with Crippen LogP contribution in [-0.2, 0) is 0 Å². The number of hydrogen-bond acceptors (Lipinski definition) is 5. The Labute approximate surface area is 159 Å². The number of halogens is 3. The molecule has 3 aromatic rings. The van der Waals surface area contributed by atoms with Gasteiger partial charge in [0.15, 0.2) is 5.65 Å². The lowest BCUT2D eigenvalue weighted by atomic mass is 10.1. The van der Waals surface area contributed by atoms with Crippen LogP contribution in [0, 0.1) is 0 Å². The summed E-state index contributed by atoms with van der Waals surface area (Å²) in [6.07, 6.45) is 0.536. The largest absolute Gasteiger partial charge is 0.573 e. The van der Waals surface area contributed by atoms with E-state index < -0.39 is 6.36 Å². The second-order valence-electron chi connectivity index (χ2n) is 6.72. The Morgan fingerprint density at radius 2 is 1.89 bits per heavy atom. The van der Waals surface area contributed by atoms with Crippen LogP contribution >= 0.6 is 0 Å². The lowest BCUT2D eigenvalue weighted by Crippen LogP contribution is -2.34. The molecule has 2 aromatic heterocycles. The van der Waals surface area contributed by atoms with Crippen LogP contribution in [-0.4, -0.2) is 45.6 Å². The van der Waals surface area contributed by atoms with Gasteiger partial charge in [-0.2, -0.15) is 0 Å². The SMILES string of the molecule is FC(F)(F)Oc1cccc(-c2cnc3ccc(NCN4CCCCC4)nn23)c1. The van der Waals surface area contributed by atoms with Gasteiger partial charge in [0.05, 0.1) is 18.6 Å². The van der Waals surface area contributed by atoms with E-state index >= 15 is 0 Å². The molecule has 0 bridgehead atoms. The number of hydrogen-bond donors (Lipinski definition) is 1. The predicted molar refractivity (Wildman–Crippen MR) is 99.0 cm³/mol. The first-order valence-electron chi connectivity index (χ1n) is 9.15. The number of likely N-dealkylation sites (tertiary alicyclic amines) is 1. The molecule has 0 atom stereocenters. The van der Waals surface area contributed by atoms with Crippen LogP contribution in [0.15, 0.2) is 42.6 Å². The average Bonchev–Trinajstić information content (AvgIpc) is 3.09. The summed E-state index contributed by atoms with van der Waals surface area (Å²) in [6.45, 7) is 2.84. The number of piperidine rings is 1. The van der Waals surface area contributed by atoms with Gasteiger partial charge in [-0.05, 0) is 50.2 Å². The molecule has 1 aromatic carbocycles. The van der Waals surface area contributed by atoms with Crippen molar-refractivity contribution in [1.29, 1.82) is 0 Å². The molecule has 1 fully saturated rings. The maximum absolute atomic E-state index is 12.5. The molecule has 0 unspecified atom stereocenters. The summed E-state index contributed by atoms with van der Waals surface area (Å²) in [6, 6.07) is 9.46. The van der Waals surface area contributed by atoms with Crippen LogP contribution in [0.4, 0.5) is 19.0 Å². The summed E-state index contributed by atoms with van der Waals surface area (Å²) in [5.74, 6) is 0.402. The van der Waals surface area contributed by atoms with Crippen LogP contribution < -0.4 is 10.1 Å². The molecule has 1 N–H and O–H groups in total. The number of fused-ring (bicyclic) bond motifs is 1. The van der Waals surface area contributed by atoms with Gasteiger partial charge in [0.2, 0.25) is 0 Å². The monoisotopic (exact) mass is 391 g/mol. The van der Waals surface area contributed by atoms with Gasteiger partial charge in [0, 0.05) is 5.56 Å². The Morgan fingerprint density at radius 1 is 1.07 bits per heavy atom. The van der Waals surface area contributed by atoms with E-state index in [1.165, 1.54) is 37.5 Å². The second kappa shape index (κ2) is 7.67. The summed E-state index contributed by atoms with van der Waals surface area (Å²) in [5.41, 5.74) is 1.74. The molecule has 28 heavy (non-hydrogen) atoms. The summed E-state index contributed by atoms with van der Waals surface area (Å²) < 4.78 is 43.1. The van der Waals surface area contributed by atoms with Crippen molar-refractivity contribution in [3.63, 3.8) is 0 Å². The van der Waals surface area contributed by atoms with Crippen LogP contribution in [0.3, 0.4) is 0 Å². The minimum atomic E-state index is -4.73. The summed E-state index contributed by atoms with van der Waals surface area (Å²) in [7, 11) is 0. The number of alkyl halides is 3. The Hall–Kier alpha value is -2.81. The Kier molecular flexibility index (Phi) is 5.08. The molecule has 148 valence electrons. The number of benzene rings is 1. The van der Waals surface area contributed by atoms with E-state index in [2.05, 4.69) is 25.0 Å². The number of imidazole rings is 1. The van der Waals surface area contributed by atoms with Gasteiger partial charge in [-0.1, -0.05) is 18.6 Å². The minimum Gasteiger partial charge on any atom is -0.406 e. The van der Waals surface area contributed by atoms with E-state index in [0.717, 1.165) is 13.1 Å². The fourth-order valence-electron chi connectivity index (χ4n) is 3.33. The molecule has 3 heterocycles. The van der Waals surface area contributed by atoms with E-state index in [0.29, 0.717) is 29.4 Å².